The van der Waals surface area contributed by atoms with Gasteiger partial charge < -0.3 is 0 Å². The van der Waals surface area contributed by atoms with Crippen molar-refractivity contribution in [3.63, 3.8) is 0 Å². The fourth-order valence-electron chi connectivity index (χ4n) is 0.391. The maximum Gasteiger partial charge on any atom is 0.0315 e. The maximum atomic E-state index is 3.36. The molecular formula is C6H3BrI. The summed E-state index contributed by atoms with van der Waals surface area (Å²) in [6, 6.07) is 8.75. The average molecular weight is 282 g/mol. The van der Waals surface area contributed by atoms with E-state index in [0.29, 0.717) is 0 Å². The van der Waals surface area contributed by atoms with Gasteiger partial charge in [-0.25, -0.2) is 0 Å². The van der Waals surface area contributed by atoms with Crippen molar-refractivity contribution in [2.75, 3.05) is 0 Å². The molecule has 0 N–H and O–H groups in total. The highest BCUT2D eigenvalue weighted by molar-refractivity contribution is 14.1. The van der Waals surface area contributed by atoms with Crippen LogP contribution in [0.5, 0.6) is 0 Å². The Morgan fingerprint density at radius 2 is 2.38 bits per heavy atom. The second-order valence-electron chi connectivity index (χ2n) is 1.34. The first-order chi connectivity index (χ1) is 3.80. The summed E-state index contributed by atoms with van der Waals surface area (Å²) in [5, 5.41) is 0. The SMILES string of the molecule is Brc1c[c]ccc1I. The standard InChI is InChI=1S/C6H3BrI/c7-5-3-1-2-4-6(5)8/h2-4H. The first-order valence-corrected chi connectivity index (χ1v) is 3.99. The second-order valence-corrected chi connectivity index (χ2v) is 3.36. The third kappa shape index (κ3) is 1.45. The second kappa shape index (κ2) is 2.82. The molecule has 0 saturated carbocycles. The first kappa shape index (κ1) is 6.55. The average Bonchev–Trinajstić information content (AvgIpc) is 1.77. The van der Waals surface area contributed by atoms with E-state index in [1.54, 1.807) is 0 Å². The van der Waals surface area contributed by atoms with Gasteiger partial charge >= 0.3 is 0 Å². The van der Waals surface area contributed by atoms with E-state index in [9.17, 15) is 0 Å². The molecule has 0 aliphatic rings. The molecule has 0 fully saturated rings. The Hall–Kier alpha value is 0.430. The molecule has 0 heterocycles. The summed E-state index contributed by atoms with van der Waals surface area (Å²) in [6.07, 6.45) is 0. The van der Waals surface area contributed by atoms with Crippen LogP contribution in [-0.2, 0) is 0 Å². The molecule has 0 aliphatic heterocycles. The number of halogens is 2. The smallest absolute Gasteiger partial charge is 0.0315 e. The summed E-state index contributed by atoms with van der Waals surface area (Å²) < 4.78 is 2.34. The maximum absolute atomic E-state index is 3.36. The fraction of sp³-hybridized carbons (Fsp3) is 0. The van der Waals surface area contributed by atoms with Gasteiger partial charge in [-0.05, 0) is 56.7 Å². The van der Waals surface area contributed by atoms with Gasteiger partial charge in [0.2, 0.25) is 0 Å². The van der Waals surface area contributed by atoms with Crippen LogP contribution < -0.4 is 0 Å². The topological polar surface area (TPSA) is 0 Å². The van der Waals surface area contributed by atoms with Crippen molar-refractivity contribution in [2.45, 2.75) is 0 Å². The zero-order valence-corrected chi connectivity index (χ0v) is 7.73. The summed E-state index contributed by atoms with van der Waals surface area (Å²) in [6.45, 7) is 0. The molecule has 0 atom stereocenters. The molecule has 1 aromatic rings. The van der Waals surface area contributed by atoms with Crippen LogP contribution >= 0.6 is 38.5 Å². The molecule has 2 heteroatoms. The zero-order chi connectivity index (χ0) is 5.98. The predicted octanol–water partition coefficient (Wildman–Crippen LogP) is 2.85. The van der Waals surface area contributed by atoms with Crippen LogP contribution in [-0.4, -0.2) is 0 Å². The van der Waals surface area contributed by atoms with E-state index in [0.717, 1.165) is 4.47 Å². The number of hydrogen-bond donors (Lipinski definition) is 0. The van der Waals surface area contributed by atoms with Crippen molar-refractivity contribution in [1.82, 2.24) is 0 Å². The van der Waals surface area contributed by atoms with E-state index in [2.05, 4.69) is 44.6 Å². The highest BCUT2D eigenvalue weighted by atomic mass is 127. The van der Waals surface area contributed by atoms with E-state index in [1.165, 1.54) is 3.57 Å². The monoisotopic (exact) mass is 281 g/mol. The molecule has 0 aromatic heterocycles. The molecule has 8 heavy (non-hydrogen) atoms. The van der Waals surface area contributed by atoms with Crippen LogP contribution in [0.25, 0.3) is 0 Å². The summed E-state index contributed by atoms with van der Waals surface area (Å²) in [5.74, 6) is 0. The Balaban J connectivity index is 3.13. The molecule has 0 spiro atoms. The molecule has 0 aliphatic carbocycles. The van der Waals surface area contributed by atoms with Crippen molar-refractivity contribution < 1.29 is 0 Å². The van der Waals surface area contributed by atoms with Crippen LogP contribution in [0, 0.1) is 9.64 Å². The molecule has 1 rings (SSSR count). The lowest BCUT2D eigenvalue weighted by Gasteiger charge is -1.89. The number of rotatable bonds is 0. The molecule has 41 valence electrons. The van der Waals surface area contributed by atoms with E-state index < -0.39 is 0 Å². The van der Waals surface area contributed by atoms with E-state index in [1.807, 2.05) is 18.2 Å². The van der Waals surface area contributed by atoms with Crippen molar-refractivity contribution in [2.24, 2.45) is 0 Å². The van der Waals surface area contributed by atoms with E-state index in [-0.39, 0.29) is 0 Å². The summed E-state index contributed by atoms with van der Waals surface area (Å²) in [7, 11) is 0. The normalized spacial score (nSPS) is 9.25. The molecule has 1 aromatic carbocycles. The molecular weight excluding hydrogens is 279 g/mol. The van der Waals surface area contributed by atoms with Gasteiger partial charge in [-0.15, -0.1) is 0 Å². The van der Waals surface area contributed by atoms with Crippen molar-refractivity contribution in [3.8, 4) is 0 Å². The number of benzene rings is 1. The third-order valence-corrected chi connectivity index (χ3v) is 3.10. The van der Waals surface area contributed by atoms with Gasteiger partial charge in [0.25, 0.3) is 0 Å². The van der Waals surface area contributed by atoms with Gasteiger partial charge in [-0.1, -0.05) is 6.07 Å². The summed E-state index contributed by atoms with van der Waals surface area (Å²) >= 11 is 5.61. The lowest BCUT2D eigenvalue weighted by atomic mass is 10.4. The Kier molecular flexibility index (Phi) is 2.31. The predicted molar refractivity (Wildman–Crippen MR) is 45.7 cm³/mol. The van der Waals surface area contributed by atoms with E-state index >= 15 is 0 Å². The lowest BCUT2D eigenvalue weighted by Crippen LogP contribution is -1.68. The van der Waals surface area contributed by atoms with Gasteiger partial charge in [0.15, 0.2) is 0 Å². The summed E-state index contributed by atoms with van der Waals surface area (Å²) in [4.78, 5) is 0. The minimum atomic E-state index is 1.11. The van der Waals surface area contributed by atoms with Gasteiger partial charge in [-0.3, -0.25) is 0 Å². The van der Waals surface area contributed by atoms with Crippen LogP contribution in [0.4, 0.5) is 0 Å². The first-order valence-electron chi connectivity index (χ1n) is 2.12. The molecule has 1 radical (unpaired) electrons. The van der Waals surface area contributed by atoms with Crippen LogP contribution in [0.1, 0.15) is 0 Å². The van der Waals surface area contributed by atoms with Crippen molar-refractivity contribution in [1.29, 1.82) is 0 Å². The molecule has 0 unspecified atom stereocenters. The quantitative estimate of drug-likeness (QED) is 0.642. The zero-order valence-electron chi connectivity index (χ0n) is 3.99. The Morgan fingerprint density at radius 1 is 1.62 bits per heavy atom. The van der Waals surface area contributed by atoms with Crippen molar-refractivity contribution in [3.05, 3.63) is 32.3 Å². The molecule has 0 nitrogen and oxygen atoms in total. The number of hydrogen-bond acceptors (Lipinski definition) is 0. The lowest BCUT2D eigenvalue weighted by molar-refractivity contribution is 1.58. The van der Waals surface area contributed by atoms with Gasteiger partial charge in [0.05, 0.1) is 0 Å². The van der Waals surface area contributed by atoms with Gasteiger partial charge in [-0.2, -0.15) is 0 Å². The Bertz CT molecular complexity index is 165. The van der Waals surface area contributed by atoms with Gasteiger partial charge in [0.1, 0.15) is 0 Å². The molecule has 0 bridgehead atoms. The minimum Gasteiger partial charge on any atom is -0.0533 e. The Labute approximate surface area is 70.6 Å². The third-order valence-electron chi connectivity index (χ3n) is 0.764. The Morgan fingerprint density at radius 3 is 2.75 bits per heavy atom. The molecule has 0 saturated heterocycles. The highest BCUT2D eigenvalue weighted by Crippen LogP contribution is 2.16. The van der Waals surface area contributed by atoms with Gasteiger partial charge in [0, 0.05) is 8.04 Å². The largest absolute Gasteiger partial charge is 0.0533 e. The minimum absolute atomic E-state index is 1.11. The highest BCUT2D eigenvalue weighted by Gasteiger charge is 1.88. The van der Waals surface area contributed by atoms with Crippen molar-refractivity contribution >= 4 is 38.5 Å². The van der Waals surface area contributed by atoms with Crippen LogP contribution in [0.2, 0.25) is 0 Å². The van der Waals surface area contributed by atoms with Crippen LogP contribution in [0.15, 0.2) is 22.7 Å². The summed E-state index contributed by atoms with van der Waals surface area (Å²) in [5.41, 5.74) is 0. The molecule has 0 amide bonds. The van der Waals surface area contributed by atoms with Crippen LogP contribution in [0.3, 0.4) is 0 Å². The van der Waals surface area contributed by atoms with E-state index in [4.69, 9.17) is 0 Å². The fourth-order valence-corrected chi connectivity index (χ4v) is 0.991.